The third kappa shape index (κ3) is 2.86. The van der Waals surface area contributed by atoms with Gasteiger partial charge in [-0.3, -0.25) is 0 Å². The lowest BCUT2D eigenvalue weighted by Gasteiger charge is -2.02. The van der Waals surface area contributed by atoms with Gasteiger partial charge in [0.1, 0.15) is 5.75 Å². The van der Waals surface area contributed by atoms with Crippen LogP contribution in [0.4, 0.5) is 5.69 Å². The van der Waals surface area contributed by atoms with Gasteiger partial charge in [0.15, 0.2) is 0 Å². The molecule has 0 radical (unpaired) electrons. The summed E-state index contributed by atoms with van der Waals surface area (Å²) in [5.74, 6) is 7.17. The first-order valence-corrected chi connectivity index (χ1v) is 4.79. The Hall–Kier alpha value is -1.33. The Morgan fingerprint density at radius 1 is 1.50 bits per heavy atom. The molecule has 0 atom stereocenters. The van der Waals surface area contributed by atoms with E-state index in [1.165, 1.54) is 0 Å². The predicted octanol–water partition coefficient (Wildman–Crippen LogP) is 2.26. The number of nitrogen functional groups attached to an aromatic ring is 1. The van der Waals surface area contributed by atoms with Crippen LogP contribution in [-0.2, 0) is 0 Å². The number of ether oxygens (including phenoxy) is 1. The minimum atomic E-state index is 0.539. The molecule has 2 N–H and O–H groups in total. The van der Waals surface area contributed by atoms with Crippen LogP contribution in [0.15, 0.2) is 18.2 Å². The lowest BCUT2D eigenvalue weighted by molar-refractivity contribution is 0.415. The molecule has 2 nitrogen and oxygen atoms in total. The van der Waals surface area contributed by atoms with Crippen molar-refractivity contribution in [2.75, 3.05) is 18.7 Å². The van der Waals surface area contributed by atoms with E-state index in [0.29, 0.717) is 18.0 Å². The number of halogens is 1. The molecule has 0 heterocycles. The Morgan fingerprint density at radius 3 is 2.93 bits per heavy atom. The van der Waals surface area contributed by atoms with Crippen molar-refractivity contribution in [2.24, 2.45) is 0 Å². The summed E-state index contributed by atoms with van der Waals surface area (Å²) in [6.45, 7) is 0. The van der Waals surface area contributed by atoms with Crippen LogP contribution in [-0.4, -0.2) is 13.0 Å². The van der Waals surface area contributed by atoms with Crippen LogP contribution in [0.5, 0.6) is 5.75 Å². The zero-order valence-corrected chi connectivity index (χ0v) is 8.77. The van der Waals surface area contributed by atoms with Gasteiger partial charge < -0.3 is 10.5 Å². The van der Waals surface area contributed by atoms with Gasteiger partial charge in [0.25, 0.3) is 0 Å². The summed E-state index contributed by atoms with van der Waals surface area (Å²) in [6.07, 6.45) is 0.665. The van der Waals surface area contributed by atoms with Gasteiger partial charge in [-0.25, -0.2) is 0 Å². The Morgan fingerprint density at radius 2 is 2.29 bits per heavy atom. The van der Waals surface area contributed by atoms with Gasteiger partial charge >= 0.3 is 0 Å². The van der Waals surface area contributed by atoms with E-state index in [4.69, 9.17) is 22.1 Å². The maximum absolute atomic E-state index is 5.74. The van der Waals surface area contributed by atoms with Gasteiger partial charge in [-0.05, 0) is 18.2 Å². The van der Waals surface area contributed by atoms with Crippen LogP contribution >= 0.6 is 11.6 Å². The van der Waals surface area contributed by atoms with Crippen molar-refractivity contribution in [1.29, 1.82) is 0 Å². The van der Waals surface area contributed by atoms with Crippen molar-refractivity contribution in [3.8, 4) is 17.6 Å². The zero-order chi connectivity index (χ0) is 10.4. The van der Waals surface area contributed by atoms with Crippen molar-refractivity contribution < 1.29 is 4.74 Å². The lowest BCUT2D eigenvalue weighted by atomic mass is 10.1. The molecule has 0 bridgehead atoms. The number of nitrogens with two attached hydrogens (primary N) is 1. The Balaban J connectivity index is 2.91. The molecule has 1 rings (SSSR count). The quantitative estimate of drug-likeness (QED) is 0.461. The SMILES string of the molecule is COc1ccc(N)c(C#CCCCl)c1. The number of hydrogen-bond donors (Lipinski definition) is 1. The molecular formula is C11H12ClNO. The van der Waals surface area contributed by atoms with Gasteiger partial charge in [0.2, 0.25) is 0 Å². The first kappa shape index (κ1) is 10.7. The van der Waals surface area contributed by atoms with E-state index < -0.39 is 0 Å². The Bertz CT molecular complexity index is 365. The van der Waals surface area contributed by atoms with E-state index in [9.17, 15) is 0 Å². The van der Waals surface area contributed by atoms with Crippen LogP contribution in [0.2, 0.25) is 0 Å². The van der Waals surface area contributed by atoms with E-state index in [1.54, 1.807) is 13.2 Å². The first-order chi connectivity index (χ1) is 6.77. The monoisotopic (exact) mass is 209 g/mol. The third-order valence-corrected chi connectivity index (χ3v) is 1.89. The predicted molar refractivity (Wildman–Crippen MR) is 59.6 cm³/mol. The number of alkyl halides is 1. The smallest absolute Gasteiger partial charge is 0.120 e. The average Bonchev–Trinajstić information content (AvgIpc) is 2.21. The summed E-state index contributed by atoms with van der Waals surface area (Å²) in [4.78, 5) is 0. The summed E-state index contributed by atoms with van der Waals surface area (Å²) < 4.78 is 5.07. The Kier molecular flexibility index (Phi) is 4.15. The number of rotatable bonds is 2. The van der Waals surface area contributed by atoms with E-state index in [2.05, 4.69) is 11.8 Å². The molecule has 0 amide bonds. The molecule has 0 aliphatic carbocycles. The first-order valence-electron chi connectivity index (χ1n) is 4.26. The van der Waals surface area contributed by atoms with Crippen molar-refractivity contribution in [3.05, 3.63) is 23.8 Å². The molecule has 0 aliphatic heterocycles. The molecule has 0 unspecified atom stereocenters. The third-order valence-electron chi connectivity index (χ3n) is 1.70. The minimum absolute atomic E-state index is 0.539. The van der Waals surface area contributed by atoms with E-state index in [0.717, 1.165) is 11.3 Å². The minimum Gasteiger partial charge on any atom is -0.497 e. The number of methoxy groups -OCH3 is 1. The van der Waals surface area contributed by atoms with Gasteiger partial charge in [0, 0.05) is 18.0 Å². The molecule has 3 heteroatoms. The average molecular weight is 210 g/mol. The molecule has 0 saturated carbocycles. The fourth-order valence-corrected chi connectivity index (χ4v) is 1.07. The molecule has 0 aliphatic rings. The maximum Gasteiger partial charge on any atom is 0.120 e. The van der Waals surface area contributed by atoms with Crippen LogP contribution < -0.4 is 10.5 Å². The van der Waals surface area contributed by atoms with E-state index in [1.807, 2.05) is 12.1 Å². The van der Waals surface area contributed by atoms with Crippen molar-refractivity contribution >= 4 is 17.3 Å². The molecule has 74 valence electrons. The largest absolute Gasteiger partial charge is 0.497 e. The van der Waals surface area contributed by atoms with Crippen molar-refractivity contribution in [1.82, 2.24) is 0 Å². The van der Waals surface area contributed by atoms with Crippen LogP contribution in [0, 0.1) is 11.8 Å². The fraction of sp³-hybridized carbons (Fsp3) is 0.273. The second-order valence-electron chi connectivity index (χ2n) is 2.69. The standard InChI is InChI=1S/C11H12ClNO/c1-14-10-5-6-11(13)9(8-10)4-2-3-7-12/h5-6,8H,3,7,13H2,1H3. The van der Waals surface area contributed by atoms with E-state index >= 15 is 0 Å². The molecule has 0 aromatic heterocycles. The molecular weight excluding hydrogens is 198 g/mol. The summed E-state index contributed by atoms with van der Waals surface area (Å²) in [7, 11) is 1.61. The Labute approximate surface area is 89.0 Å². The van der Waals surface area contributed by atoms with Crippen LogP contribution in [0.3, 0.4) is 0 Å². The highest BCUT2D eigenvalue weighted by Crippen LogP contribution is 2.18. The van der Waals surface area contributed by atoms with Crippen molar-refractivity contribution in [3.63, 3.8) is 0 Å². The summed E-state index contributed by atoms with van der Waals surface area (Å²) in [5.41, 5.74) is 7.18. The maximum atomic E-state index is 5.74. The molecule has 0 saturated heterocycles. The topological polar surface area (TPSA) is 35.2 Å². The summed E-state index contributed by atoms with van der Waals surface area (Å²) in [6, 6.07) is 5.40. The number of benzene rings is 1. The van der Waals surface area contributed by atoms with E-state index in [-0.39, 0.29) is 0 Å². The van der Waals surface area contributed by atoms with Gasteiger partial charge in [-0.1, -0.05) is 11.8 Å². The molecule has 1 aromatic carbocycles. The highest BCUT2D eigenvalue weighted by atomic mass is 35.5. The van der Waals surface area contributed by atoms with Crippen LogP contribution in [0.1, 0.15) is 12.0 Å². The van der Waals surface area contributed by atoms with Crippen LogP contribution in [0.25, 0.3) is 0 Å². The molecule has 14 heavy (non-hydrogen) atoms. The second-order valence-corrected chi connectivity index (χ2v) is 3.07. The van der Waals surface area contributed by atoms with Gasteiger partial charge in [-0.15, -0.1) is 11.6 Å². The summed E-state index contributed by atoms with van der Waals surface area (Å²) >= 11 is 5.51. The normalized spacial score (nSPS) is 9.00. The number of hydrogen-bond acceptors (Lipinski definition) is 2. The summed E-state index contributed by atoms with van der Waals surface area (Å²) in [5, 5.41) is 0. The second kappa shape index (κ2) is 5.41. The fourth-order valence-electron chi connectivity index (χ4n) is 0.976. The van der Waals surface area contributed by atoms with Gasteiger partial charge in [0.05, 0.1) is 12.7 Å². The van der Waals surface area contributed by atoms with Gasteiger partial charge in [-0.2, -0.15) is 0 Å². The van der Waals surface area contributed by atoms with Crippen molar-refractivity contribution in [2.45, 2.75) is 6.42 Å². The molecule has 1 aromatic rings. The number of anilines is 1. The molecule has 0 spiro atoms. The lowest BCUT2D eigenvalue weighted by Crippen LogP contribution is -1.91. The molecule has 0 fully saturated rings. The highest BCUT2D eigenvalue weighted by Gasteiger charge is 1.97. The zero-order valence-electron chi connectivity index (χ0n) is 8.01. The highest BCUT2D eigenvalue weighted by molar-refractivity contribution is 6.18.